The summed E-state index contributed by atoms with van der Waals surface area (Å²) < 4.78 is 19.6. The molecule has 4 heteroatoms. The normalized spacial score (nSPS) is 10.1. The number of nitriles is 1. The smallest absolute Gasteiger partial charge is 0.147 e. The van der Waals surface area contributed by atoms with Crippen LogP contribution in [0.2, 0.25) is 0 Å². The predicted octanol–water partition coefficient (Wildman–Crippen LogP) is 3.48. The molecule has 0 bridgehead atoms. The molecule has 2 aromatic rings. The Balaban J connectivity index is 2.24. The van der Waals surface area contributed by atoms with E-state index in [1.165, 1.54) is 6.07 Å². The number of hydrogen-bond donors (Lipinski definition) is 1. The van der Waals surface area contributed by atoms with E-state index >= 15 is 0 Å². The first-order valence-corrected chi connectivity index (χ1v) is 6.20. The number of anilines is 1. The maximum Gasteiger partial charge on any atom is 0.147 e. The van der Waals surface area contributed by atoms with Crippen molar-refractivity contribution in [3.8, 4) is 11.8 Å². The minimum atomic E-state index is -0.527. The fourth-order valence-electron chi connectivity index (χ4n) is 2.14. The second-order valence-electron chi connectivity index (χ2n) is 4.66. The summed E-state index contributed by atoms with van der Waals surface area (Å²) in [5.74, 6) is 0.168. The quantitative estimate of drug-likeness (QED) is 0.869. The van der Waals surface area contributed by atoms with Crippen molar-refractivity contribution < 1.29 is 9.13 Å². The van der Waals surface area contributed by atoms with Gasteiger partial charge in [-0.2, -0.15) is 5.26 Å². The minimum absolute atomic E-state index is 0.0249. The summed E-state index contributed by atoms with van der Waals surface area (Å²) in [6.07, 6.45) is 0. The molecule has 3 nitrogen and oxygen atoms in total. The van der Waals surface area contributed by atoms with Gasteiger partial charge in [-0.15, -0.1) is 0 Å². The van der Waals surface area contributed by atoms with Gasteiger partial charge in [0.2, 0.25) is 0 Å². The Morgan fingerprint density at radius 1 is 1.25 bits per heavy atom. The van der Waals surface area contributed by atoms with E-state index in [9.17, 15) is 4.39 Å². The van der Waals surface area contributed by atoms with Gasteiger partial charge in [-0.25, -0.2) is 4.39 Å². The number of hydrogen-bond acceptors (Lipinski definition) is 3. The standard InChI is InChI=1S/C16H15FN2O/c1-10-6-14(19)7-11(2)16(10)20-9-13-5-3-4-12(8-18)15(13)17/h3-7H,9,19H2,1-2H3. The number of nitrogens with zero attached hydrogens (tertiary/aromatic N) is 1. The van der Waals surface area contributed by atoms with Crippen LogP contribution >= 0.6 is 0 Å². The number of halogens is 1. The molecule has 2 rings (SSSR count). The van der Waals surface area contributed by atoms with Crippen LogP contribution < -0.4 is 10.5 Å². The summed E-state index contributed by atoms with van der Waals surface area (Å²) >= 11 is 0. The molecule has 0 aromatic heterocycles. The van der Waals surface area contributed by atoms with Crippen LogP contribution in [0.4, 0.5) is 10.1 Å². The van der Waals surface area contributed by atoms with Gasteiger partial charge in [0.1, 0.15) is 24.2 Å². The van der Waals surface area contributed by atoms with E-state index in [-0.39, 0.29) is 12.2 Å². The third-order valence-corrected chi connectivity index (χ3v) is 3.05. The predicted molar refractivity (Wildman–Crippen MR) is 75.8 cm³/mol. The Bertz CT molecular complexity index is 666. The van der Waals surface area contributed by atoms with E-state index < -0.39 is 5.82 Å². The SMILES string of the molecule is Cc1cc(N)cc(C)c1OCc1cccc(C#N)c1F. The van der Waals surface area contributed by atoms with Gasteiger partial charge >= 0.3 is 0 Å². The summed E-state index contributed by atoms with van der Waals surface area (Å²) in [6, 6.07) is 10.1. The second kappa shape index (κ2) is 5.62. The molecule has 20 heavy (non-hydrogen) atoms. The van der Waals surface area contributed by atoms with Crippen LogP contribution in [0.1, 0.15) is 22.3 Å². The second-order valence-corrected chi connectivity index (χ2v) is 4.66. The Labute approximate surface area is 117 Å². The molecule has 0 saturated carbocycles. The average molecular weight is 270 g/mol. The summed E-state index contributed by atoms with van der Waals surface area (Å²) in [6.45, 7) is 3.86. The third-order valence-electron chi connectivity index (χ3n) is 3.05. The van der Waals surface area contributed by atoms with Gasteiger partial charge < -0.3 is 10.5 Å². The topological polar surface area (TPSA) is 59.0 Å². The number of aryl methyl sites for hydroxylation is 2. The van der Waals surface area contributed by atoms with Crippen LogP contribution in [-0.4, -0.2) is 0 Å². The van der Waals surface area contributed by atoms with Crippen molar-refractivity contribution in [2.24, 2.45) is 0 Å². The first-order chi connectivity index (χ1) is 9.52. The Morgan fingerprint density at radius 2 is 1.90 bits per heavy atom. The highest BCUT2D eigenvalue weighted by Gasteiger charge is 2.10. The van der Waals surface area contributed by atoms with E-state index in [2.05, 4.69) is 0 Å². The Hall–Kier alpha value is -2.54. The lowest BCUT2D eigenvalue weighted by Crippen LogP contribution is -2.03. The van der Waals surface area contributed by atoms with Gasteiger partial charge in [0.05, 0.1) is 5.56 Å². The summed E-state index contributed by atoms with van der Waals surface area (Å²) in [5, 5.41) is 8.80. The van der Waals surface area contributed by atoms with Crippen LogP contribution in [0.5, 0.6) is 5.75 Å². The van der Waals surface area contributed by atoms with E-state index in [0.717, 1.165) is 11.1 Å². The van der Waals surface area contributed by atoms with Gasteiger partial charge in [-0.05, 0) is 43.2 Å². The average Bonchev–Trinajstić information content (AvgIpc) is 2.39. The van der Waals surface area contributed by atoms with E-state index in [0.29, 0.717) is 17.0 Å². The van der Waals surface area contributed by atoms with Gasteiger partial charge in [-0.1, -0.05) is 12.1 Å². The monoisotopic (exact) mass is 270 g/mol. The molecule has 0 amide bonds. The molecule has 102 valence electrons. The number of benzene rings is 2. The molecule has 0 atom stereocenters. The Morgan fingerprint density at radius 3 is 2.50 bits per heavy atom. The zero-order valence-corrected chi connectivity index (χ0v) is 11.4. The van der Waals surface area contributed by atoms with Crippen molar-refractivity contribution in [1.29, 1.82) is 5.26 Å². The van der Waals surface area contributed by atoms with Crippen molar-refractivity contribution in [2.45, 2.75) is 20.5 Å². The zero-order valence-electron chi connectivity index (χ0n) is 11.4. The maximum absolute atomic E-state index is 13.9. The van der Waals surface area contributed by atoms with Crippen molar-refractivity contribution in [3.63, 3.8) is 0 Å². The molecule has 0 heterocycles. The lowest BCUT2D eigenvalue weighted by atomic mass is 10.1. The fourth-order valence-corrected chi connectivity index (χ4v) is 2.14. The van der Waals surface area contributed by atoms with Crippen molar-refractivity contribution in [3.05, 3.63) is 58.4 Å². The molecule has 2 aromatic carbocycles. The number of nitrogens with two attached hydrogens (primary N) is 1. The van der Waals surface area contributed by atoms with Crippen molar-refractivity contribution in [2.75, 3.05) is 5.73 Å². The largest absolute Gasteiger partial charge is 0.488 e. The Kier molecular flexibility index (Phi) is 3.90. The molecule has 0 aliphatic heterocycles. The summed E-state index contributed by atoms with van der Waals surface area (Å²) in [5.41, 5.74) is 8.61. The molecule has 0 fully saturated rings. The van der Waals surface area contributed by atoms with Crippen LogP contribution in [0.25, 0.3) is 0 Å². The molecular formula is C16H15FN2O. The molecule has 0 aliphatic rings. The van der Waals surface area contributed by atoms with Gasteiger partial charge in [0.15, 0.2) is 0 Å². The number of nitrogen functional groups attached to an aromatic ring is 1. The highest BCUT2D eigenvalue weighted by Crippen LogP contribution is 2.27. The number of ether oxygens (including phenoxy) is 1. The first kappa shape index (κ1) is 13.9. The molecule has 0 radical (unpaired) electrons. The van der Waals surface area contributed by atoms with Crippen LogP contribution in [0, 0.1) is 31.0 Å². The molecule has 0 aliphatic carbocycles. The maximum atomic E-state index is 13.9. The lowest BCUT2D eigenvalue weighted by molar-refractivity contribution is 0.295. The van der Waals surface area contributed by atoms with Crippen molar-refractivity contribution >= 4 is 5.69 Å². The highest BCUT2D eigenvalue weighted by atomic mass is 19.1. The minimum Gasteiger partial charge on any atom is -0.488 e. The molecule has 0 spiro atoms. The highest BCUT2D eigenvalue weighted by molar-refractivity contribution is 5.52. The van der Waals surface area contributed by atoms with Crippen LogP contribution in [-0.2, 0) is 6.61 Å². The number of rotatable bonds is 3. The van der Waals surface area contributed by atoms with E-state index in [1.54, 1.807) is 12.1 Å². The van der Waals surface area contributed by atoms with Crippen molar-refractivity contribution in [1.82, 2.24) is 0 Å². The van der Waals surface area contributed by atoms with Gasteiger partial charge in [-0.3, -0.25) is 0 Å². The molecule has 2 N–H and O–H groups in total. The van der Waals surface area contributed by atoms with Gasteiger partial charge in [0, 0.05) is 11.3 Å². The van der Waals surface area contributed by atoms with E-state index in [4.69, 9.17) is 15.7 Å². The van der Waals surface area contributed by atoms with Crippen LogP contribution in [0.3, 0.4) is 0 Å². The van der Waals surface area contributed by atoms with Crippen LogP contribution in [0.15, 0.2) is 30.3 Å². The molecule has 0 saturated heterocycles. The fraction of sp³-hybridized carbons (Fsp3) is 0.188. The van der Waals surface area contributed by atoms with Gasteiger partial charge in [0.25, 0.3) is 0 Å². The zero-order chi connectivity index (χ0) is 14.7. The first-order valence-electron chi connectivity index (χ1n) is 6.20. The van der Waals surface area contributed by atoms with E-state index in [1.807, 2.05) is 32.0 Å². The third kappa shape index (κ3) is 2.72. The summed E-state index contributed by atoms with van der Waals surface area (Å²) in [4.78, 5) is 0. The summed E-state index contributed by atoms with van der Waals surface area (Å²) in [7, 11) is 0. The molecular weight excluding hydrogens is 255 g/mol. The molecule has 0 unspecified atom stereocenters. The lowest BCUT2D eigenvalue weighted by Gasteiger charge is -2.13.